The number of hydrogen-bond donors (Lipinski definition) is 2. The maximum atomic E-state index is 11.5. The van der Waals surface area contributed by atoms with E-state index in [0.29, 0.717) is 12.2 Å². The first kappa shape index (κ1) is 18.4. The second kappa shape index (κ2) is 8.55. The summed E-state index contributed by atoms with van der Waals surface area (Å²) in [5.41, 5.74) is 6.96. The Hall–Kier alpha value is -1.59. The molecule has 112 valence electrons. The van der Waals surface area contributed by atoms with Crippen LogP contribution in [0.4, 0.5) is 5.69 Å². The van der Waals surface area contributed by atoms with Crippen LogP contribution >= 0.6 is 12.4 Å². The van der Waals surface area contributed by atoms with Gasteiger partial charge in [0, 0.05) is 25.2 Å². The SMILES string of the molecule is CC(=O)N(Cc1ccc(NC(=O)CN)cc1)C(C)C.Cl. The van der Waals surface area contributed by atoms with Crippen molar-refractivity contribution in [3.8, 4) is 0 Å². The zero-order chi connectivity index (χ0) is 14.4. The van der Waals surface area contributed by atoms with Gasteiger partial charge >= 0.3 is 0 Å². The van der Waals surface area contributed by atoms with Crippen LogP contribution in [0.1, 0.15) is 26.3 Å². The number of halogens is 1. The number of nitrogens with two attached hydrogens (primary N) is 1. The maximum Gasteiger partial charge on any atom is 0.238 e. The number of rotatable bonds is 5. The first-order valence-corrected chi connectivity index (χ1v) is 6.30. The molecule has 1 aromatic rings. The van der Waals surface area contributed by atoms with E-state index >= 15 is 0 Å². The minimum absolute atomic E-state index is 0. The molecule has 6 heteroatoms. The lowest BCUT2D eigenvalue weighted by atomic mass is 10.1. The van der Waals surface area contributed by atoms with E-state index in [1.54, 1.807) is 11.8 Å². The standard InChI is InChI=1S/C14H21N3O2.ClH/c1-10(2)17(11(3)18)9-12-4-6-13(7-5-12)16-14(19)8-15;/h4-7,10H,8-9,15H2,1-3H3,(H,16,19);1H. The van der Waals surface area contributed by atoms with Crippen molar-refractivity contribution in [2.45, 2.75) is 33.4 Å². The lowest BCUT2D eigenvalue weighted by Crippen LogP contribution is -2.34. The van der Waals surface area contributed by atoms with Crippen LogP contribution in [0, 0.1) is 0 Å². The van der Waals surface area contributed by atoms with Crippen LogP contribution < -0.4 is 11.1 Å². The van der Waals surface area contributed by atoms with Crippen molar-refractivity contribution >= 4 is 29.9 Å². The number of anilines is 1. The minimum atomic E-state index is -0.222. The van der Waals surface area contributed by atoms with Crippen molar-refractivity contribution in [3.05, 3.63) is 29.8 Å². The van der Waals surface area contributed by atoms with Crippen molar-refractivity contribution in [2.24, 2.45) is 5.73 Å². The molecule has 1 rings (SSSR count). The van der Waals surface area contributed by atoms with Gasteiger partial charge in [-0.3, -0.25) is 9.59 Å². The van der Waals surface area contributed by atoms with Gasteiger partial charge in [0.15, 0.2) is 0 Å². The quantitative estimate of drug-likeness (QED) is 0.870. The van der Waals surface area contributed by atoms with Gasteiger partial charge in [0.2, 0.25) is 11.8 Å². The summed E-state index contributed by atoms with van der Waals surface area (Å²) in [6, 6.07) is 7.56. The number of carbonyl (C=O) groups excluding carboxylic acids is 2. The third-order valence-corrected chi connectivity index (χ3v) is 2.80. The number of benzene rings is 1. The molecule has 0 saturated heterocycles. The molecule has 0 bridgehead atoms. The molecular weight excluding hydrogens is 278 g/mol. The van der Waals surface area contributed by atoms with Crippen molar-refractivity contribution < 1.29 is 9.59 Å². The van der Waals surface area contributed by atoms with Gasteiger partial charge < -0.3 is 16.0 Å². The first-order valence-electron chi connectivity index (χ1n) is 6.30. The Morgan fingerprint density at radius 1 is 1.25 bits per heavy atom. The summed E-state index contributed by atoms with van der Waals surface area (Å²) in [5, 5.41) is 2.67. The number of carbonyl (C=O) groups is 2. The van der Waals surface area contributed by atoms with E-state index in [1.807, 2.05) is 38.1 Å². The Morgan fingerprint density at radius 3 is 2.20 bits per heavy atom. The molecule has 0 spiro atoms. The van der Waals surface area contributed by atoms with Crippen LogP contribution in [0.3, 0.4) is 0 Å². The zero-order valence-corrected chi connectivity index (χ0v) is 12.9. The summed E-state index contributed by atoms with van der Waals surface area (Å²) < 4.78 is 0. The average molecular weight is 300 g/mol. The molecule has 3 N–H and O–H groups in total. The number of hydrogen-bond acceptors (Lipinski definition) is 3. The molecule has 0 aliphatic carbocycles. The lowest BCUT2D eigenvalue weighted by molar-refractivity contribution is -0.131. The van der Waals surface area contributed by atoms with E-state index in [9.17, 15) is 9.59 Å². The van der Waals surface area contributed by atoms with Gasteiger partial charge in [0.1, 0.15) is 0 Å². The highest BCUT2D eigenvalue weighted by atomic mass is 35.5. The van der Waals surface area contributed by atoms with Crippen molar-refractivity contribution in [2.75, 3.05) is 11.9 Å². The molecule has 0 saturated carbocycles. The number of nitrogens with one attached hydrogen (secondary N) is 1. The zero-order valence-electron chi connectivity index (χ0n) is 12.1. The van der Waals surface area contributed by atoms with E-state index in [-0.39, 0.29) is 36.8 Å². The second-order valence-electron chi connectivity index (χ2n) is 4.69. The van der Waals surface area contributed by atoms with Crippen LogP contribution in [-0.2, 0) is 16.1 Å². The molecular formula is C14H22ClN3O2. The normalized spacial score (nSPS) is 9.85. The molecule has 0 radical (unpaired) electrons. The average Bonchev–Trinajstić information content (AvgIpc) is 2.36. The fourth-order valence-corrected chi connectivity index (χ4v) is 1.76. The fraction of sp³-hybridized carbons (Fsp3) is 0.429. The van der Waals surface area contributed by atoms with Crippen molar-refractivity contribution in [1.82, 2.24) is 4.90 Å². The molecule has 0 atom stereocenters. The molecule has 20 heavy (non-hydrogen) atoms. The predicted octanol–water partition coefficient (Wildman–Crippen LogP) is 1.76. The predicted molar refractivity (Wildman–Crippen MR) is 82.7 cm³/mol. The summed E-state index contributed by atoms with van der Waals surface area (Å²) in [7, 11) is 0. The Balaban J connectivity index is 0.00000361. The first-order chi connectivity index (χ1) is 8.93. The van der Waals surface area contributed by atoms with Gasteiger partial charge in [-0.2, -0.15) is 0 Å². The summed E-state index contributed by atoms with van der Waals surface area (Å²) in [6.07, 6.45) is 0. The molecule has 0 aliphatic rings. The van der Waals surface area contributed by atoms with Crippen LogP contribution in [0.5, 0.6) is 0 Å². The highest BCUT2D eigenvalue weighted by Gasteiger charge is 2.12. The molecule has 0 aromatic heterocycles. The fourth-order valence-electron chi connectivity index (χ4n) is 1.76. The lowest BCUT2D eigenvalue weighted by Gasteiger charge is -2.25. The second-order valence-corrected chi connectivity index (χ2v) is 4.69. The Bertz CT molecular complexity index is 446. The summed E-state index contributed by atoms with van der Waals surface area (Å²) in [6.45, 7) is 6.07. The molecule has 1 aromatic carbocycles. The monoisotopic (exact) mass is 299 g/mol. The molecule has 0 fully saturated rings. The van der Waals surface area contributed by atoms with Gasteiger partial charge in [-0.1, -0.05) is 12.1 Å². The van der Waals surface area contributed by atoms with Crippen LogP contribution in [0.25, 0.3) is 0 Å². The largest absolute Gasteiger partial charge is 0.336 e. The minimum Gasteiger partial charge on any atom is -0.336 e. The molecule has 0 aliphatic heterocycles. The van der Waals surface area contributed by atoms with Gasteiger partial charge in [-0.05, 0) is 31.5 Å². The third-order valence-electron chi connectivity index (χ3n) is 2.80. The van der Waals surface area contributed by atoms with E-state index in [4.69, 9.17) is 5.73 Å². The van der Waals surface area contributed by atoms with Gasteiger partial charge in [-0.25, -0.2) is 0 Å². The van der Waals surface area contributed by atoms with E-state index in [1.165, 1.54) is 0 Å². The van der Waals surface area contributed by atoms with Crippen molar-refractivity contribution in [3.63, 3.8) is 0 Å². The summed E-state index contributed by atoms with van der Waals surface area (Å²) in [4.78, 5) is 24.4. The Kier molecular flexibility index (Phi) is 7.87. The maximum absolute atomic E-state index is 11.5. The third kappa shape index (κ3) is 5.59. The number of amides is 2. The highest BCUT2D eigenvalue weighted by Crippen LogP contribution is 2.13. The Morgan fingerprint density at radius 2 is 1.80 bits per heavy atom. The molecule has 0 heterocycles. The summed E-state index contributed by atoms with van der Waals surface area (Å²) >= 11 is 0. The van der Waals surface area contributed by atoms with Gasteiger partial charge in [0.05, 0.1) is 6.54 Å². The van der Waals surface area contributed by atoms with Gasteiger partial charge in [-0.15, -0.1) is 12.4 Å². The number of nitrogens with zero attached hydrogens (tertiary/aromatic N) is 1. The van der Waals surface area contributed by atoms with Crippen LogP contribution in [-0.4, -0.2) is 29.3 Å². The van der Waals surface area contributed by atoms with Gasteiger partial charge in [0.25, 0.3) is 0 Å². The topological polar surface area (TPSA) is 75.4 Å². The highest BCUT2D eigenvalue weighted by molar-refractivity contribution is 5.92. The van der Waals surface area contributed by atoms with Crippen molar-refractivity contribution in [1.29, 1.82) is 0 Å². The smallest absolute Gasteiger partial charge is 0.238 e. The summed E-state index contributed by atoms with van der Waals surface area (Å²) in [5.74, 6) is -0.171. The van der Waals surface area contributed by atoms with E-state index in [0.717, 1.165) is 5.56 Å². The molecule has 2 amide bonds. The van der Waals surface area contributed by atoms with E-state index in [2.05, 4.69) is 5.32 Å². The van der Waals surface area contributed by atoms with Crippen LogP contribution in [0.2, 0.25) is 0 Å². The Labute approximate surface area is 125 Å². The molecule has 0 unspecified atom stereocenters. The van der Waals surface area contributed by atoms with Crippen LogP contribution in [0.15, 0.2) is 24.3 Å². The molecule has 5 nitrogen and oxygen atoms in total. The van der Waals surface area contributed by atoms with E-state index < -0.39 is 0 Å².